The second-order valence-electron chi connectivity index (χ2n) is 7.29. The lowest BCUT2D eigenvalue weighted by molar-refractivity contribution is 0.203. The van der Waals surface area contributed by atoms with E-state index in [0.29, 0.717) is 18.0 Å². The third-order valence-electron chi connectivity index (χ3n) is 5.50. The van der Waals surface area contributed by atoms with E-state index < -0.39 is 0 Å². The summed E-state index contributed by atoms with van der Waals surface area (Å²) in [5.41, 5.74) is 9.30. The number of hydrogen-bond acceptors (Lipinski definition) is 5. The maximum Gasteiger partial charge on any atom is 0.137 e. The molecule has 3 heterocycles. The Morgan fingerprint density at radius 1 is 1.28 bits per heavy atom. The average molecular weight is 340 g/mol. The van der Waals surface area contributed by atoms with Gasteiger partial charge in [0.25, 0.3) is 0 Å². The van der Waals surface area contributed by atoms with Crippen LogP contribution in [0.4, 0.5) is 0 Å². The fourth-order valence-electron chi connectivity index (χ4n) is 4.25. The number of aryl methyl sites for hydroxylation is 1. The maximum absolute atomic E-state index is 5.52. The molecular weight excluding hydrogens is 312 g/mol. The summed E-state index contributed by atoms with van der Waals surface area (Å²) in [6.07, 6.45) is 4.50. The minimum absolute atomic E-state index is 0.371. The molecule has 5 nitrogen and oxygen atoms in total. The molecule has 134 valence electrons. The van der Waals surface area contributed by atoms with E-state index >= 15 is 0 Å². The van der Waals surface area contributed by atoms with E-state index in [4.69, 9.17) is 4.52 Å². The molecule has 0 amide bonds. The molecule has 0 radical (unpaired) electrons. The van der Waals surface area contributed by atoms with E-state index in [1.165, 1.54) is 18.4 Å². The Morgan fingerprint density at radius 3 is 3.00 bits per heavy atom. The van der Waals surface area contributed by atoms with Crippen molar-refractivity contribution in [2.45, 2.75) is 44.7 Å². The normalized spacial score (nSPS) is 27.2. The Bertz CT molecular complexity index is 671. The molecule has 0 aliphatic carbocycles. The summed E-state index contributed by atoms with van der Waals surface area (Å²) in [5, 5.41) is 4.37. The zero-order valence-corrected chi connectivity index (χ0v) is 14.9. The molecule has 2 fully saturated rings. The highest BCUT2D eigenvalue weighted by molar-refractivity contribution is 5.21. The Hall–Kier alpha value is -1.69. The van der Waals surface area contributed by atoms with Crippen LogP contribution in [0, 0.1) is 5.92 Å². The van der Waals surface area contributed by atoms with Gasteiger partial charge in [0.1, 0.15) is 11.5 Å². The van der Waals surface area contributed by atoms with Gasteiger partial charge in [0.05, 0.1) is 12.1 Å². The van der Waals surface area contributed by atoms with E-state index in [0.717, 1.165) is 43.9 Å². The molecule has 3 unspecified atom stereocenters. The fourth-order valence-corrected chi connectivity index (χ4v) is 4.25. The lowest BCUT2D eigenvalue weighted by Crippen LogP contribution is -2.33. The highest BCUT2D eigenvalue weighted by atomic mass is 16.5. The number of likely N-dealkylation sites (tertiary alicyclic amines) is 1. The zero-order chi connectivity index (χ0) is 17.1. The van der Waals surface area contributed by atoms with E-state index in [-0.39, 0.29) is 0 Å². The number of nitrogens with zero attached hydrogens (tertiary/aromatic N) is 2. The van der Waals surface area contributed by atoms with Gasteiger partial charge in [0, 0.05) is 31.5 Å². The molecule has 5 heteroatoms. The summed E-state index contributed by atoms with van der Waals surface area (Å²) in [5.74, 6) is 1.58. The summed E-state index contributed by atoms with van der Waals surface area (Å²) < 4.78 is 5.52. The summed E-state index contributed by atoms with van der Waals surface area (Å²) in [6.45, 7) is 5.41. The summed E-state index contributed by atoms with van der Waals surface area (Å²) >= 11 is 0. The van der Waals surface area contributed by atoms with Crippen LogP contribution in [0.25, 0.3) is 0 Å². The molecule has 2 N–H and O–H groups in total. The summed E-state index contributed by atoms with van der Waals surface area (Å²) in [6, 6.07) is 13.7. The van der Waals surface area contributed by atoms with Crippen molar-refractivity contribution in [1.82, 2.24) is 20.9 Å². The molecule has 2 aromatic rings. The van der Waals surface area contributed by atoms with Crippen LogP contribution in [0.5, 0.6) is 0 Å². The predicted octanol–water partition coefficient (Wildman–Crippen LogP) is 3.23. The van der Waals surface area contributed by atoms with E-state index in [1.807, 2.05) is 0 Å². The number of aromatic nitrogens is 1. The van der Waals surface area contributed by atoms with Gasteiger partial charge in [-0.25, -0.2) is 5.43 Å². The van der Waals surface area contributed by atoms with Crippen molar-refractivity contribution in [2.24, 2.45) is 5.92 Å². The molecule has 25 heavy (non-hydrogen) atoms. The fraction of sp³-hybridized carbons (Fsp3) is 0.550. The van der Waals surface area contributed by atoms with Crippen molar-refractivity contribution in [3.8, 4) is 0 Å². The molecule has 0 spiro atoms. The Kier molecular flexibility index (Phi) is 5.15. The van der Waals surface area contributed by atoms with Crippen LogP contribution in [0.1, 0.15) is 55.3 Å². The Labute approximate surface area is 149 Å². The van der Waals surface area contributed by atoms with Crippen LogP contribution >= 0.6 is 0 Å². The van der Waals surface area contributed by atoms with Gasteiger partial charge in [0.15, 0.2) is 0 Å². The molecular formula is C20H28N4O. The molecule has 2 aliphatic heterocycles. The predicted molar refractivity (Wildman–Crippen MR) is 97.9 cm³/mol. The van der Waals surface area contributed by atoms with Crippen LogP contribution in [0.15, 0.2) is 40.9 Å². The second kappa shape index (κ2) is 7.68. The van der Waals surface area contributed by atoms with E-state index in [9.17, 15) is 0 Å². The minimum atomic E-state index is 0.371. The van der Waals surface area contributed by atoms with Crippen LogP contribution in [0.2, 0.25) is 0 Å². The van der Waals surface area contributed by atoms with Gasteiger partial charge in [-0.2, -0.15) is 0 Å². The standard InChI is InChI=1S/C20H28N4O/c1-2-7-17-12-18(23-25-17)19-10-6-11-24(19)14-16-13-21-22-20(16)15-8-4-3-5-9-15/h3-5,8-9,12,16,19-22H,2,6-7,10-11,13-14H2,1H3. The number of hydrogen-bond donors (Lipinski definition) is 2. The molecule has 0 saturated carbocycles. The number of rotatable bonds is 6. The smallest absolute Gasteiger partial charge is 0.137 e. The van der Waals surface area contributed by atoms with Crippen molar-refractivity contribution in [3.63, 3.8) is 0 Å². The highest BCUT2D eigenvalue weighted by Crippen LogP contribution is 2.35. The molecule has 0 bridgehead atoms. The molecule has 3 atom stereocenters. The number of nitrogens with one attached hydrogen (secondary N) is 2. The van der Waals surface area contributed by atoms with Gasteiger partial charge in [-0.05, 0) is 31.4 Å². The van der Waals surface area contributed by atoms with Crippen LogP contribution < -0.4 is 10.9 Å². The maximum atomic E-state index is 5.52. The lowest BCUT2D eigenvalue weighted by atomic mass is 9.94. The highest BCUT2D eigenvalue weighted by Gasteiger charge is 2.35. The van der Waals surface area contributed by atoms with Crippen LogP contribution in [-0.4, -0.2) is 29.7 Å². The van der Waals surface area contributed by atoms with Crippen molar-refractivity contribution in [2.75, 3.05) is 19.6 Å². The van der Waals surface area contributed by atoms with Gasteiger partial charge in [0.2, 0.25) is 0 Å². The van der Waals surface area contributed by atoms with Crippen LogP contribution in [-0.2, 0) is 6.42 Å². The van der Waals surface area contributed by atoms with E-state index in [1.54, 1.807) is 0 Å². The molecule has 1 aromatic heterocycles. The number of benzene rings is 1. The first-order chi connectivity index (χ1) is 12.3. The first-order valence-corrected chi connectivity index (χ1v) is 9.58. The van der Waals surface area contributed by atoms with Gasteiger partial charge in [-0.1, -0.05) is 42.4 Å². The second-order valence-corrected chi connectivity index (χ2v) is 7.29. The number of hydrazine groups is 1. The lowest BCUT2D eigenvalue weighted by Gasteiger charge is -2.28. The first-order valence-electron chi connectivity index (χ1n) is 9.58. The first kappa shape index (κ1) is 16.8. The van der Waals surface area contributed by atoms with Crippen LogP contribution in [0.3, 0.4) is 0 Å². The Balaban J connectivity index is 1.45. The summed E-state index contributed by atoms with van der Waals surface area (Å²) in [4.78, 5) is 2.60. The Morgan fingerprint density at radius 2 is 2.16 bits per heavy atom. The quantitative estimate of drug-likeness (QED) is 0.845. The van der Waals surface area contributed by atoms with Crippen molar-refractivity contribution in [3.05, 3.63) is 53.4 Å². The summed E-state index contributed by atoms with van der Waals surface area (Å²) in [7, 11) is 0. The SMILES string of the molecule is CCCc1cc(C2CCCN2CC2CNNC2c2ccccc2)no1. The third-order valence-corrected chi connectivity index (χ3v) is 5.50. The molecule has 1 aromatic carbocycles. The largest absolute Gasteiger partial charge is 0.361 e. The zero-order valence-electron chi connectivity index (χ0n) is 14.9. The van der Waals surface area contributed by atoms with Crippen molar-refractivity contribution < 1.29 is 4.52 Å². The van der Waals surface area contributed by atoms with Crippen molar-refractivity contribution >= 4 is 0 Å². The molecule has 2 aliphatic rings. The molecule has 4 rings (SSSR count). The van der Waals surface area contributed by atoms with Gasteiger partial charge < -0.3 is 4.52 Å². The van der Waals surface area contributed by atoms with E-state index in [2.05, 4.69) is 64.2 Å². The third kappa shape index (κ3) is 3.64. The molecule has 2 saturated heterocycles. The minimum Gasteiger partial charge on any atom is -0.361 e. The topological polar surface area (TPSA) is 53.3 Å². The monoisotopic (exact) mass is 340 g/mol. The van der Waals surface area contributed by atoms with Gasteiger partial charge in [-0.3, -0.25) is 10.3 Å². The van der Waals surface area contributed by atoms with Crippen molar-refractivity contribution in [1.29, 1.82) is 0 Å². The average Bonchev–Trinajstić information content (AvgIpc) is 3.37. The van der Waals surface area contributed by atoms with Gasteiger partial charge in [-0.15, -0.1) is 0 Å². The van der Waals surface area contributed by atoms with Gasteiger partial charge >= 0.3 is 0 Å².